The lowest BCUT2D eigenvalue weighted by Crippen LogP contribution is -2.21. The number of benzene rings is 2. The van der Waals surface area contributed by atoms with Gasteiger partial charge in [0.1, 0.15) is 5.69 Å². The van der Waals surface area contributed by atoms with Gasteiger partial charge in [0.05, 0.1) is 5.71 Å². The summed E-state index contributed by atoms with van der Waals surface area (Å²) in [6.45, 7) is 0. The first-order chi connectivity index (χ1) is 13.8. The molecule has 2 aromatic carbocycles. The van der Waals surface area contributed by atoms with E-state index in [2.05, 4.69) is 51.9 Å². The highest BCUT2D eigenvalue weighted by Gasteiger charge is 2.20. The first-order valence-corrected chi connectivity index (χ1v) is 9.71. The zero-order chi connectivity index (χ0) is 18.9. The van der Waals surface area contributed by atoms with Crippen LogP contribution in [0.5, 0.6) is 0 Å². The number of hydrogen-bond donors (Lipinski definition) is 1. The second-order valence-corrected chi connectivity index (χ2v) is 7.43. The van der Waals surface area contributed by atoms with E-state index < -0.39 is 0 Å². The average Bonchev–Trinajstić information content (AvgIpc) is 3.14. The van der Waals surface area contributed by atoms with Gasteiger partial charge in [-0.2, -0.15) is 5.10 Å². The monoisotopic (exact) mass is 381 g/mol. The number of carbonyl (C=O) groups excluding carboxylic acids is 1. The molecule has 0 radical (unpaired) electrons. The summed E-state index contributed by atoms with van der Waals surface area (Å²) in [6.07, 6.45) is 5.63. The maximum absolute atomic E-state index is 12.3. The van der Waals surface area contributed by atoms with Crippen molar-refractivity contribution in [2.24, 2.45) is 5.10 Å². The Morgan fingerprint density at radius 2 is 1.79 bits per heavy atom. The first kappa shape index (κ1) is 16.6. The molecule has 0 aliphatic heterocycles. The van der Waals surface area contributed by atoms with Gasteiger partial charge in [-0.3, -0.25) is 9.78 Å². The van der Waals surface area contributed by atoms with Gasteiger partial charge in [0.25, 0.3) is 5.91 Å². The molecular formula is C23H15N3OS. The van der Waals surface area contributed by atoms with Crippen LogP contribution in [0.4, 0.5) is 0 Å². The van der Waals surface area contributed by atoms with E-state index in [1.807, 2.05) is 24.3 Å². The molecule has 0 saturated heterocycles. The fourth-order valence-corrected chi connectivity index (χ4v) is 4.59. The molecule has 0 atom stereocenters. The van der Waals surface area contributed by atoms with E-state index in [-0.39, 0.29) is 5.91 Å². The van der Waals surface area contributed by atoms with Crippen LogP contribution < -0.4 is 5.43 Å². The third-order valence-electron chi connectivity index (χ3n) is 4.65. The Labute approximate surface area is 165 Å². The number of aromatic nitrogens is 1. The van der Waals surface area contributed by atoms with Gasteiger partial charge in [0.15, 0.2) is 0 Å². The molecular weight excluding hydrogens is 366 g/mol. The summed E-state index contributed by atoms with van der Waals surface area (Å²) < 4.78 is 1.21. The van der Waals surface area contributed by atoms with Gasteiger partial charge in [-0.1, -0.05) is 54.6 Å². The quantitative estimate of drug-likeness (QED) is 0.501. The average molecular weight is 381 g/mol. The molecule has 0 fully saturated rings. The van der Waals surface area contributed by atoms with Crippen LogP contribution in [0, 0.1) is 0 Å². The Hall–Kier alpha value is -3.57. The molecule has 4 nitrogen and oxygen atoms in total. The number of rotatable bonds is 3. The van der Waals surface area contributed by atoms with Gasteiger partial charge in [-0.15, -0.1) is 11.3 Å². The Balaban J connectivity index is 1.55. The summed E-state index contributed by atoms with van der Waals surface area (Å²) in [4.78, 5) is 17.6. The highest BCUT2D eigenvalue weighted by Crippen LogP contribution is 2.42. The lowest BCUT2D eigenvalue weighted by Gasteiger charge is -2.11. The van der Waals surface area contributed by atoms with Crippen LogP contribution in [-0.4, -0.2) is 16.6 Å². The van der Waals surface area contributed by atoms with Crippen LogP contribution in [0.15, 0.2) is 84.1 Å². The van der Waals surface area contributed by atoms with E-state index in [0.717, 1.165) is 11.3 Å². The number of hydrazone groups is 1. The number of nitrogens with one attached hydrogen (secondary N) is 1. The van der Waals surface area contributed by atoms with E-state index in [1.165, 1.54) is 26.1 Å². The van der Waals surface area contributed by atoms with E-state index >= 15 is 0 Å². The summed E-state index contributed by atoms with van der Waals surface area (Å²) in [5, 5.41) is 5.54. The lowest BCUT2D eigenvalue weighted by molar-refractivity contribution is 0.0950. The van der Waals surface area contributed by atoms with E-state index in [4.69, 9.17) is 0 Å². The number of hydrogen-bond acceptors (Lipinski definition) is 4. The number of pyridine rings is 1. The lowest BCUT2D eigenvalue weighted by atomic mass is 9.94. The number of amides is 1. The van der Waals surface area contributed by atoms with Gasteiger partial charge < -0.3 is 0 Å². The highest BCUT2D eigenvalue weighted by atomic mass is 32.1. The van der Waals surface area contributed by atoms with Crippen LogP contribution in [0.3, 0.4) is 0 Å². The normalized spacial score (nSPS) is 13.8. The van der Waals surface area contributed by atoms with Gasteiger partial charge in [0.2, 0.25) is 0 Å². The molecule has 0 spiro atoms. The Kier molecular flexibility index (Phi) is 4.07. The summed E-state index contributed by atoms with van der Waals surface area (Å²) in [7, 11) is 0. The maximum atomic E-state index is 12.3. The Bertz CT molecular complexity index is 1240. The summed E-state index contributed by atoms with van der Waals surface area (Å²) in [5.74, 6) is -0.324. The van der Waals surface area contributed by atoms with Crippen molar-refractivity contribution in [1.29, 1.82) is 0 Å². The van der Waals surface area contributed by atoms with E-state index in [0.29, 0.717) is 5.69 Å². The largest absolute Gasteiger partial charge is 0.289 e. The van der Waals surface area contributed by atoms with Crippen molar-refractivity contribution in [3.63, 3.8) is 0 Å². The van der Waals surface area contributed by atoms with Crippen molar-refractivity contribution in [2.75, 3.05) is 0 Å². The molecule has 4 aromatic rings. The topological polar surface area (TPSA) is 54.4 Å². The zero-order valence-electron chi connectivity index (χ0n) is 14.8. The second kappa shape index (κ2) is 6.87. The van der Waals surface area contributed by atoms with Crippen LogP contribution in [0.25, 0.3) is 26.6 Å². The maximum Gasteiger partial charge on any atom is 0.289 e. The van der Waals surface area contributed by atoms with Gasteiger partial charge in [0, 0.05) is 32.3 Å². The molecule has 0 unspecified atom stereocenters. The molecule has 1 N–H and O–H groups in total. The van der Waals surface area contributed by atoms with Crippen LogP contribution in [0.1, 0.15) is 21.6 Å². The number of thiophene rings is 1. The Morgan fingerprint density at radius 1 is 0.929 bits per heavy atom. The molecule has 1 amide bonds. The number of allylic oxidation sites excluding steroid dienone is 1. The molecule has 1 aliphatic carbocycles. The molecule has 1 aliphatic rings. The fourth-order valence-electron chi connectivity index (χ4n) is 3.36. The summed E-state index contributed by atoms with van der Waals surface area (Å²) in [6, 6.07) is 21.8. The Morgan fingerprint density at radius 3 is 2.61 bits per heavy atom. The van der Waals surface area contributed by atoms with Crippen molar-refractivity contribution in [2.45, 2.75) is 0 Å². The minimum Gasteiger partial charge on any atom is -0.266 e. The molecule has 5 rings (SSSR count). The van der Waals surface area contributed by atoms with Gasteiger partial charge >= 0.3 is 0 Å². The number of nitrogens with zero attached hydrogens (tertiary/aromatic N) is 2. The van der Waals surface area contributed by atoms with E-state index in [9.17, 15) is 4.79 Å². The first-order valence-electron chi connectivity index (χ1n) is 8.90. The van der Waals surface area contributed by atoms with Crippen molar-refractivity contribution in [1.82, 2.24) is 10.4 Å². The zero-order valence-corrected chi connectivity index (χ0v) is 15.6. The third kappa shape index (κ3) is 2.82. The second-order valence-electron chi connectivity index (χ2n) is 6.38. The van der Waals surface area contributed by atoms with Crippen LogP contribution >= 0.6 is 11.3 Å². The SMILES string of the molecule is O=C(N/N=C1\C=Cc2c(-c3ccccc3)sc3cccc1c23)c1ccccn1. The smallest absolute Gasteiger partial charge is 0.266 e. The molecule has 0 saturated carbocycles. The van der Waals surface area contributed by atoms with Crippen molar-refractivity contribution >= 4 is 39.1 Å². The molecule has 2 aromatic heterocycles. The fraction of sp³-hybridized carbons (Fsp3) is 0. The molecule has 134 valence electrons. The summed E-state index contributed by atoms with van der Waals surface area (Å²) in [5.41, 5.74) is 7.13. The van der Waals surface area contributed by atoms with Crippen molar-refractivity contribution in [3.05, 3.63) is 95.8 Å². The minimum atomic E-state index is -0.324. The number of carbonyl (C=O) groups is 1. The molecule has 0 bridgehead atoms. The molecule has 2 heterocycles. The molecule has 28 heavy (non-hydrogen) atoms. The predicted octanol–water partition coefficient (Wildman–Crippen LogP) is 5.12. The van der Waals surface area contributed by atoms with Crippen LogP contribution in [-0.2, 0) is 0 Å². The van der Waals surface area contributed by atoms with Crippen molar-refractivity contribution < 1.29 is 4.79 Å². The predicted molar refractivity (Wildman–Crippen MR) is 115 cm³/mol. The standard InChI is InChI=1S/C23H15N3OS/c27-23(19-10-4-5-14-24-19)26-25-18-13-12-17-21-16(18)9-6-11-20(21)28-22(17)15-7-2-1-3-8-15/h1-14H,(H,26,27)/b25-18+. The van der Waals surface area contributed by atoms with Gasteiger partial charge in [-0.05, 0) is 29.8 Å². The van der Waals surface area contributed by atoms with Gasteiger partial charge in [-0.25, -0.2) is 5.43 Å². The minimum absolute atomic E-state index is 0.324. The summed E-state index contributed by atoms with van der Waals surface area (Å²) >= 11 is 1.78. The molecule has 5 heteroatoms. The van der Waals surface area contributed by atoms with Crippen LogP contribution in [0.2, 0.25) is 0 Å². The van der Waals surface area contributed by atoms with E-state index in [1.54, 1.807) is 35.7 Å². The third-order valence-corrected chi connectivity index (χ3v) is 5.87. The van der Waals surface area contributed by atoms with Crippen molar-refractivity contribution in [3.8, 4) is 10.4 Å². The highest BCUT2D eigenvalue weighted by molar-refractivity contribution is 7.22.